The Bertz CT molecular complexity index is 791. The number of carbonyl (C=O) groups is 2. The van der Waals surface area contributed by atoms with E-state index >= 15 is 0 Å². The van der Waals surface area contributed by atoms with Crippen LogP contribution in [0, 0.1) is 5.82 Å². The molecule has 1 atom stereocenters. The molecule has 0 fully saturated rings. The van der Waals surface area contributed by atoms with Crippen molar-refractivity contribution in [1.29, 1.82) is 0 Å². The highest BCUT2D eigenvalue weighted by Gasteiger charge is 2.20. The second kappa shape index (κ2) is 9.56. The van der Waals surface area contributed by atoms with Gasteiger partial charge in [0.05, 0.1) is 25.7 Å². The van der Waals surface area contributed by atoms with Gasteiger partial charge >= 0.3 is 5.97 Å². The van der Waals surface area contributed by atoms with E-state index in [1.165, 1.54) is 24.3 Å². The molecule has 0 heterocycles. The molecule has 27 heavy (non-hydrogen) atoms. The molecule has 0 bridgehead atoms. The van der Waals surface area contributed by atoms with E-state index in [-0.39, 0.29) is 6.42 Å². The number of nitrogens with one attached hydrogen (secondary N) is 1. The van der Waals surface area contributed by atoms with Crippen molar-refractivity contribution in [3.63, 3.8) is 0 Å². The van der Waals surface area contributed by atoms with E-state index in [1.807, 2.05) is 13.8 Å². The predicted octanol–water partition coefficient (Wildman–Crippen LogP) is 3.57. The van der Waals surface area contributed by atoms with Crippen molar-refractivity contribution in [2.75, 3.05) is 13.2 Å². The number of ether oxygens (including phenoxy) is 2. The highest BCUT2D eigenvalue weighted by molar-refractivity contribution is 5.95. The normalized spacial score (nSPS) is 11.5. The summed E-state index contributed by atoms with van der Waals surface area (Å²) in [5.74, 6) is -1.02. The monoisotopic (exact) mass is 375 g/mol. The molecule has 2 rings (SSSR count). The molecule has 7 heteroatoms. The first-order chi connectivity index (χ1) is 12.9. The van der Waals surface area contributed by atoms with Gasteiger partial charge in [-0.25, -0.2) is 4.39 Å². The Morgan fingerprint density at radius 3 is 2.26 bits per heavy atom. The molecule has 1 unspecified atom stereocenters. The van der Waals surface area contributed by atoms with Gasteiger partial charge in [0.2, 0.25) is 0 Å². The lowest BCUT2D eigenvalue weighted by Crippen LogP contribution is -2.30. The van der Waals surface area contributed by atoms with Crippen LogP contribution in [-0.2, 0) is 4.79 Å². The summed E-state index contributed by atoms with van der Waals surface area (Å²) < 4.78 is 24.1. The molecule has 0 aliphatic heterocycles. The summed E-state index contributed by atoms with van der Waals surface area (Å²) in [6, 6.07) is 9.31. The van der Waals surface area contributed by atoms with Gasteiger partial charge in [-0.15, -0.1) is 0 Å². The second-order valence-corrected chi connectivity index (χ2v) is 5.70. The molecule has 6 nitrogen and oxygen atoms in total. The molecule has 2 aromatic rings. The Labute approximate surface area is 156 Å². The second-order valence-electron chi connectivity index (χ2n) is 5.70. The minimum Gasteiger partial charge on any atom is -0.490 e. The summed E-state index contributed by atoms with van der Waals surface area (Å²) in [6.07, 6.45) is -0.327. The maximum atomic E-state index is 13.1. The first kappa shape index (κ1) is 20.2. The topological polar surface area (TPSA) is 84.9 Å². The third kappa shape index (κ3) is 5.70. The van der Waals surface area contributed by atoms with E-state index in [9.17, 15) is 14.0 Å². The number of rotatable bonds is 9. The number of benzene rings is 2. The molecule has 1 amide bonds. The van der Waals surface area contributed by atoms with Gasteiger partial charge in [-0.3, -0.25) is 9.59 Å². The van der Waals surface area contributed by atoms with Crippen LogP contribution in [-0.4, -0.2) is 30.2 Å². The maximum absolute atomic E-state index is 13.1. The Balaban J connectivity index is 2.24. The standard InChI is InChI=1S/C20H22FNO5/c1-3-26-17-10-7-14(11-18(17)27-4-2)20(25)22-16(12-19(23)24)13-5-8-15(21)9-6-13/h5-11,16H,3-4,12H2,1-2H3,(H,22,25)(H,23,24). The molecule has 2 N–H and O–H groups in total. The molecule has 0 radical (unpaired) electrons. The third-order valence-electron chi connectivity index (χ3n) is 3.76. The molecule has 0 aromatic heterocycles. The Hall–Kier alpha value is -3.09. The van der Waals surface area contributed by atoms with Crippen LogP contribution in [0.3, 0.4) is 0 Å². The largest absolute Gasteiger partial charge is 0.490 e. The summed E-state index contributed by atoms with van der Waals surface area (Å²) in [5.41, 5.74) is 0.808. The van der Waals surface area contributed by atoms with Crippen LogP contribution < -0.4 is 14.8 Å². The van der Waals surface area contributed by atoms with E-state index < -0.39 is 23.7 Å². The Morgan fingerprint density at radius 2 is 1.67 bits per heavy atom. The average Bonchev–Trinajstić information content (AvgIpc) is 2.63. The van der Waals surface area contributed by atoms with Gasteiger partial charge < -0.3 is 19.9 Å². The summed E-state index contributed by atoms with van der Waals surface area (Å²) >= 11 is 0. The van der Waals surface area contributed by atoms with Crippen LogP contribution in [0.15, 0.2) is 42.5 Å². The fourth-order valence-electron chi connectivity index (χ4n) is 2.56. The Kier molecular flexibility index (Phi) is 7.16. The highest BCUT2D eigenvalue weighted by Crippen LogP contribution is 2.29. The fourth-order valence-corrected chi connectivity index (χ4v) is 2.56. The minimum absolute atomic E-state index is 0.305. The van der Waals surface area contributed by atoms with Gasteiger partial charge in [-0.1, -0.05) is 12.1 Å². The fraction of sp³-hybridized carbons (Fsp3) is 0.300. The molecule has 0 aliphatic rings. The van der Waals surface area contributed by atoms with Crippen molar-refractivity contribution in [1.82, 2.24) is 5.32 Å². The van der Waals surface area contributed by atoms with Crippen molar-refractivity contribution in [2.45, 2.75) is 26.3 Å². The van der Waals surface area contributed by atoms with Gasteiger partial charge in [0.1, 0.15) is 5.82 Å². The van der Waals surface area contributed by atoms with Crippen molar-refractivity contribution in [2.24, 2.45) is 0 Å². The quantitative estimate of drug-likeness (QED) is 0.700. The number of amides is 1. The summed E-state index contributed by atoms with van der Waals surface area (Å²) in [4.78, 5) is 23.8. The van der Waals surface area contributed by atoms with E-state index in [2.05, 4.69) is 5.32 Å². The first-order valence-electron chi connectivity index (χ1n) is 8.62. The zero-order valence-electron chi connectivity index (χ0n) is 15.2. The molecular weight excluding hydrogens is 353 g/mol. The maximum Gasteiger partial charge on any atom is 0.305 e. The summed E-state index contributed by atoms with van der Waals surface area (Å²) in [7, 11) is 0. The SMILES string of the molecule is CCOc1ccc(C(=O)NC(CC(=O)O)c2ccc(F)cc2)cc1OCC. The Morgan fingerprint density at radius 1 is 1.04 bits per heavy atom. The molecule has 0 saturated carbocycles. The van der Waals surface area contributed by atoms with E-state index in [0.29, 0.717) is 35.8 Å². The molecule has 144 valence electrons. The molecular formula is C20H22FNO5. The van der Waals surface area contributed by atoms with Crippen LogP contribution in [0.2, 0.25) is 0 Å². The smallest absolute Gasteiger partial charge is 0.305 e. The van der Waals surface area contributed by atoms with Gasteiger partial charge in [0.25, 0.3) is 5.91 Å². The van der Waals surface area contributed by atoms with Crippen LogP contribution in [0.5, 0.6) is 11.5 Å². The number of aliphatic carboxylic acids is 1. The first-order valence-corrected chi connectivity index (χ1v) is 8.62. The lowest BCUT2D eigenvalue weighted by atomic mass is 10.0. The predicted molar refractivity (Wildman–Crippen MR) is 97.6 cm³/mol. The number of hydrogen-bond acceptors (Lipinski definition) is 4. The number of carboxylic acids is 1. The zero-order chi connectivity index (χ0) is 19.8. The van der Waals surface area contributed by atoms with Crippen molar-refractivity contribution in [3.05, 3.63) is 59.4 Å². The van der Waals surface area contributed by atoms with E-state index in [4.69, 9.17) is 14.6 Å². The van der Waals surface area contributed by atoms with Crippen LogP contribution in [0.25, 0.3) is 0 Å². The number of carbonyl (C=O) groups excluding carboxylic acids is 1. The zero-order valence-corrected chi connectivity index (χ0v) is 15.2. The number of halogens is 1. The van der Waals surface area contributed by atoms with Crippen LogP contribution >= 0.6 is 0 Å². The summed E-state index contributed by atoms with van der Waals surface area (Å²) in [6.45, 7) is 4.52. The summed E-state index contributed by atoms with van der Waals surface area (Å²) in [5, 5.41) is 11.8. The van der Waals surface area contributed by atoms with Gasteiger partial charge in [-0.2, -0.15) is 0 Å². The van der Waals surface area contributed by atoms with Crippen LogP contribution in [0.4, 0.5) is 4.39 Å². The lowest BCUT2D eigenvalue weighted by Gasteiger charge is -2.18. The number of hydrogen-bond donors (Lipinski definition) is 2. The van der Waals surface area contributed by atoms with Crippen molar-refractivity contribution >= 4 is 11.9 Å². The lowest BCUT2D eigenvalue weighted by molar-refractivity contribution is -0.137. The van der Waals surface area contributed by atoms with Crippen molar-refractivity contribution < 1.29 is 28.6 Å². The average molecular weight is 375 g/mol. The highest BCUT2D eigenvalue weighted by atomic mass is 19.1. The molecule has 0 aliphatic carbocycles. The van der Waals surface area contributed by atoms with Crippen LogP contribution in [0.1, 0.15) is 42.2 Å². The van der Waals surface area contributed by atoms with Gasteiger partial charge in [0.15, 0.2) is 11.5 Å². The minimum atomic E-state index is -1.08. The van der Waals surface area contributed by atoms with Gasteiger partial charge in [0, 0.05) is 5.56 Å². The van der Waals surface area contributed by atoms with Crippen molar-refractivity contribution in [3.8, 4) is 11.5 Å². The van der Waals surface area contributed by atoms with Gasteiger partial charge in [-0.05, 0) is 49.7 Å². The number of carboxylic acid groups (broad SMARTS) is 1. The molecule has 2 aromatic carbocycles. The van der Waals surface area contributed by atoms with E-state index in [0.717, 1.165) is 0 Å². The molecule has 0 saturated heterocycles. The molecule has 0 spiro atoms. The van der Waals surface area contributed by atoms with E-state index in [1.54, 1.807) is 18.2 Å². The third-order valence-corrected chi connectivity index (χ3v) is 3.76.